The molecule has 2 aromatic rings. The number of hydrogen-bond acceptors (Lipinski definition) is 3. The van der Waals surface area contributed by atoms with E-state index in [1.54, 1.807) is 0 Å². The number of nitrogens with two attached hydrogens (primary N) is 1. The van der Waals surface area contributed by atoms with E-state index in [1.807, 2.05) is 13.0 Å². The van der Waals surface area contributed by atoms with Crippen LogP contribution in [0.25, 0.3) is 10.8 Å². The Morgan fingerprint density at radius 2 is 1.56 bits per heavy atom. The van der Waals surface area contributed by atoms with Crippen molar-refractivity contribution in [2.24, 2.45) is 17.6 Å². The first-order valence-corrected chi connectivity index (χ1v) is 10.7. The lowest BCUT2D eigenvalue weighted by atomic mass is 9.78. The van der Waals surface area contributed by atoms with E-state index in [4.69, 9.17) is 10.5 Å². The van der Waals surface area contributed by atoms with Crippen LogP contribution >= 0.6 is 0 Å². The van der Waals surface area contributed by atoms with Gasteiger partial charge in [-0.2, -0.15) is 0 Å². The zero-order valence-corrected chi connectivity index (χ0v) is 16.5. The van der Waals surface area contributed by atoms with Crippen LogP contribution in [0.3, 0.4) is 0 Å². The highest BCUT2D eigenvalue weighted by Crippen LogP contribution is 2.40. The largest absolute Gasteiger partial charge is 0.490 e. The fraction of sp³-hybridized carbons (Fsp3) is 0.583. The van der Waals surface area contributed by atoms with Gasteiger partial charge in [-0.25, -0.2) is 0 Å². The Morgan fingerprint density at radius 3 is 2.26 bits per heavy atom. The molecule has 0 radical (unpaired) electrons. The van der Waals surface area contributed by atoms with E-state index in [0.29, 0.717) is 6.10 Å². The topological polar surface area (TPSA) is 55.5 Å². The number of ether oxygens (including phenoxy) is 1. The number of aliphatic hydroxyl groups is 1. The molecule has 3 heteroatoms. The molecule has 2 aromatic carbocycles. The van der Waals surface area contributed by atoms with Crippen molar-refractivity contribution in [2.75, 3.05) is 6.61 Å². The predicted octanol–water partition coefficient (Wildman–Crippen LogP) is 5.13. The first-order valence-electron chi connectivity index (χ1n) is 10.7. The van der Waals surface area contributed by atoms with Crippen LogP contribution in [0.15, 0.2) is 36.4 Å². The number of aliphatic hydroxyl groups excluding tert-OH is 1. The molecule has 1 atom stereocenters. The zero-order valence-electron chi connectivity index (χ0n) is 16.5. The summed E-state index contributed by atoms with van der Waals surface area (Å²) < 4.78 is 6.33. The molecule has 0 heterocycles. The second kappa shape index (κ2) is 7.81. The van der Waals surface area contributed by atoms with Crippen molar-refractivity contribution in [1.82, 2.24) is 0 Å². The molecule has 3 N–H and O–H groups in total. The van der Waals surface area contributed by atoms with Crippen molar-refractivity contribution in [3.63, 3.8) is 0 Å². The van der Waals surface area contributed by atoms with Gasteiger partial charge in [0.1, 0.15) is 5.75 Å². The lowest BCUT2D eigenvalue weighted by Crippen LogP contribution is -2.36. The van der Waals surface area contributed by atoms with Gasteiger partial charge in [0.2, 0.25) is 0 Å². The minimum atomic E-state index is -0.707. The van der Waals surface area contributed by atoms with Gasteiger partial charge in [-0.1, -0.05) is 43.9 Å². The van der Waals surface area contributed by atoms with Crippen LogP contribution in [0.4, 0.5) is 0 Å². The van der Waals surface area contributed by atoms with E-state index in [2.05, 4.69) is 30.3 Å². The quantitative estimate of drug-likeness (QED) is 0.770. The van der Waals surface area contributed by atoms with E-state index in [0.717, 1.165) is 33.9 Å². The van der Waals surface area contributed by atoms with Gasteiger partial charge in [0.05, 0.1) is 18.2 Å². The Morgan fingerprint density at radius 1 is 0.926 bits per heavy atom. The summed E-state index contributed by atoms with van der Waals surface area (Å²) in [6.45, 7) is 1.79. The average molecular weight is 368 g/mol. The SMILES string of the molecule is C[C@](N)(CO)c1ccc2cc(OC3CCC(C4CCCC4)CC3)ccc2c1. The molecule has 0 spiro atoms. The predicted molar refractivity (Wildman–Crippen MR) is 111 cm³/mol. The summed E-state index contributed by atoms with van der Waals surface area (Å²) in [4.78, 5) is 0. The number of benzene rings is 2. The highest BCUT2D eigenvalue weighted by molar-refractivity contribution is 5.84. The minimum absolute atomic E-state index is 0.0662. The summed E-state index contributed by atoms with van der Waals surface area (Å²) in [7, 11) is 0. The molecule has 146 valence electrons. The number of hydrogen-bond donors (Lipinski definition) is 2. The summed E-state index contributed by atoms with van der Waals surface area (Å²) >= 11 is 0. The molecule has 2 fully saturated rings. The van der Waals surface area contributed by atoms with Gasteiger partial charge in [-0.05, 0) is 79.0 Å². The smallest absolute Gasteiger partial charge is 0.120 e. The Labute approximate surface area is 162 Å². The standard InChI is InChI=1S/C24H33NO2/c1-24(25,16-26)21-10-6-20-15-23(13-9-19(20)14-21)27-22-11-7-18(8-12-22)17-4-2-3-5-17/h6,9-10,13-15,17-18,22,26H,2-5,7-8,11-12,16,25H2,1H3/t18?,22?,24-/m0/s1. The first-order chi connectivity index (χ1) is 13.0. The van der Waals surface area contributed by atoms with Crippen molar-refractivity contribution < 1.29 is 9.84 Å². The fourth-order valence-corrected chi connectivity index (χ4v) is 5.04. The molecule has 2 aliphatic rings. The molecule has 4 rings (SSSR count). The zero-order chi connectivity index (χ0) is 18.9. The van der Waals surface area contributed by atoms with Gasteiger partial charge in [0.15, 0.2) is 0 Å². The lowest BCUT2D eigenvalue weighted by Gasteiger charge is -2.32. The van der Waals surface area contributed by atoms with E-state index >= 15 is 0 Å². The highest BCUT2D eigenvalue weighted by atomic mass is 16.5. The van der Waals surface area contributed by atoms with E-state index < -0.39 is 5.54 Å². The monoisotopic (exact) mass is 367 g/mol. The van der Waals surface area contributed by atoms with Crippen molar-refractivity contribution in [2.45, 2.75) is 69.9 Å². The van der Waals surface area contributed by atoms with E-state index in [9.17, 15) is 5.11 Å². The molecule has 0 aliphatic heterocycles. The average Bonchev–Trinajstić information content (AvgIpc) is 3.23. The van der Waals surface area contributed by atoms with Gasteiger partial charge in [-0.3, -0.25) is 0 Å². The second-order valence-electron chi connectivity index (χ2n) is 9.00. The third-order valence-corrected chi connectivity index (χ3v) is 6.89. The Kier molecular flexibility index (Phi) is 5.43. The van der Waals surface area contributed by atoms with Gasteiger partial charge in [0, 0.05) is 0 Å². The van der Waals surface area contributed by atoms with Crippen LogP contribution in [-0.4, -0.2) is 17.8 Å². The van der Waals surface area contributed by atoms with Crippen LogP contribution in [0, 0.1) is 11.8 Å². The molecular formula is C24H33NO2. The molecule has 2 aliphatic carbocycles. The van der Waals surface area contributed by atoms with Gasteiger partial charge in [0.25, 0.3) is 0 Å². The molecule has 2 saturated carbocycles. The van der Waals surface area contributed by atoms with Crippen LogP contribution in [0.2, 0.25) is 0 Å². The van der Waals surface area contributed by atoms with Gasteiger partial charge in [-0.15, -0.1) is 0 Å². The first kappa shape index (κ1) is 18.8. The van der Waals surface area contributed by atoms with E-state index in [-0.39, 0.29) is 6.61 Å². The van der Waals surface area contributed by atoms with Crippen molar-refractivity contribution in [3.05, 3.63) is 42.0 Å². The van der Waals surface area contributed by atoms with Crippen molar-refractivity contribution in [1.29, 1.82) is 0 Å². The number of fused-ring (bicyclic) bond motifs is 1. The van der Waals surface area contributed by atoms with Gasteiger partial charge >= 0.3 is 0 Å². The maximum Gasteiger partial charge on any atom is 0.120 e. The maximum atomic E-state index is 9.49. The maximum absolute atomic E-state index is 9.49. The molecule has 0 saturated heterocycles. The molecule has 0 amide bonds. The Hall–Kier alpha value is -1.58. The molecule has 0 unspecified atom stereocenters. The number of rotatable bonds is 5. The van der Waals surface area contributed by atoms with Crippen LogP contribution < -0.4 is 10.5 Å². The fourth-order valence-electron chi connectivity index (χ4n) is 5.04. The third kappa shape index (κ3) is 4.14. The molecule has 0 bridgehead atoms. The molecular weight excluding hydrogens is 334 g/mol. The van der Waals surface area contributed by atoms with Crippen molar-refractivity contribution >= 4 is 10.8 Å². The summed E-state index contributed by atoms with van der Waals surface area (Å²) in [5.74, 6) is 2.91. The lowest BCUT2D eigenvalue weighted by molar-refractivity contribution is 0.111. The second-order valence-corrected chi connectivity index (χ2v) is 9.00. The van der Waals surface area contributed by atoms with Crippen LogP contribution in [0.1, 0.15) is 63.9 Å². The molecule has 27 heavy (non-hydrogen) atoms. The summed E-state index contributed by atoms with van der Waals surface area (Å²) in [6, 6.07) is 12.5. The summed E-state index contributed by atoms with van der Waals surface area (Å²) in [6.07, 6.45) is 11.2. The van der Waals surface area contributed by atoms with Crippen molar-refractivity contribution in [3.8, 4) is 5.75 Å². The molecule has 3 nitrogen and oxygen atoms in total. The normalized spacial score (nSPS) is 26.2. The third-order valence-electron chi connectivity index (χ3n) is 6.89. The highest BCUT2D eigenvalue weighted by Gasteiger charge is 2.30. The summed E-state index contributed by atoms with van der Waals surface area (Å²) in [5, 5.41) is 11.8. The van der Waals surface area contributed by atoms with Gasteiger partial charge < -0.3 is 15.6 Å². The molecule has 0 aromatic heterocycles. The Balaban J connectivity index is 1.40. The van der Waals surface area contributed by atoms with E-state index in [1.165, 1.54) is 51.4 Å². The van der Waals surface area contributed by atoms with Crippen LogP contribution in [-0.2, 0) is 5.54 Å². The minimum Gasteiger partial charge on any atom is -0.490 e. The Bertz CT molecular complexity index is 771. The van der Waals surface area contributed by atoms with Crippen LogP contribution in [0.5, 0.6) is 5.75 Å². The summed E-state index contributed by atoms with van der Waals surface area (Å²) in [5.41, 5.74) is 6.41.